The molecular weight excluding hydrogens is 250 g/mol. The molecule has 3 rings (SSSR count). The number of pyridine rings is 1. The Morgan fingerprint density at radius 3 is 3.10 bits per heavy atom. The molecule has 1 saturated heterocycles. The molecule has 4 heteroatoms. The normalized spacial score (nSPS) is 31.8. The third-order valence-electron chi connectivity index (χ3n) is 5.03. The minimum Gasteiger partial charge on any atom is -0.389 e. The van der Waals surface area contributed by atoms with E-state index in [0.717, 1.165) is 43.7 Å². The summed E-state index contributed by atoms with van der Waals surface area (Å²) in [5.74, 6) is 1.39. The fraction of sp³-hybridized carbons (Fsp3) is 0.688. The first-order chi connectivity index (χ1) is 9.60. The summed E-state index contributed by atoms with van der Waals surface area (Å²) in [7, 11) is 0. The second-order valence-corrected chi connectivity index (χ2v) is 6.45. The van der Waals surface area contributed by atoms with E-state index in [1.807, 2.05) is 19.2 Å². The molecule has 1 aliphatic heterocycles. The van der Waals surface area contributed by atoms with E-state index in [1.165, 1.54) is 12.8 Å². The van der Waals surface area contributed by atoms with E-state index in [0.29, 0.717) is 5.92 Å². The van der Waals surface area contributed by atoms with Gasteiger partial charge in [-0.15, -0.1) is 0 Å². The minimum atomic E-state index is -0.433. The fourth-order valence-electron chi connectivity index (χ4n) is 3.79. The average molecular weight is 275 g/mol. The van der Waals surface area contributed by atoms with Crippen molar-refractivity contribution in [2.75, 3.05) is 18.0 Å². The molecule has 1 aromatic rings. The van der Waals surface area contributed by atoms with Gasteiger partial charge in [0.25, 0.3) is 0 Å². The molecule has 1 aliphatic carbocycles. The molecule has 1 aromatic heterocycles. The van der Waals surface area contributed by atoms with Crippen LogP contribution >= 0.6 is 0 Å². The van der Waals surface area contributed by atoms with Crippen LogP contribution in [-0.4, -0.2) is 28.8 Å². The number of piperidine rings is 1. The lowest BCUT2D eigenvalue weighted by molar-refractivity contribution is -0.0613. The van der Waals surface area contributed by atoms with Gasteiger partial charge < -0.3 is 15.7 Å². The van der Waals surface area contributed by atoms with Crippen molar-refractivity contribution in [1.82, 2.24) is 4.98 Å². The molecule has 3 atom stereocenters. The number of rotatable bonds is 2. The first kappa shape index (κ1) is 13.8. The predicted octanol–water partition coefficient (Wildman–Crippen LogP) is 2.23. The summed E-state index contributed by atoms with van der Waals surface area (Å²) < 4.78 is 0. The molecule has 3 N–H and O–H groups in total. The number of anilines is 1. The smallest absolute Gasteiger partial charge is 0.133 e. The standard InChI is InChI=1S/C16H25N3O/c1-12(17)14-6-4-9-18-15(14)19-10-8-16(20)7-3-2-5-13(16)11-19/h4,6,9,12-13,20H,2-3,5,7-8,10-11,17H2,1H3. The zero-order chi connectivity index (χ0) is 14.2. The van der Waals surface area contributed by atoms with Gasteiger partial charge in [-0.3, -0.25) is 0 Å². The summed E-state index contributed by atoms with van der Waals surface area (Å²) in [4.78, 5) is 6.87. The first-order valence-corrected chi connectivity index (χ1v) is 7.78. The van der Waals surface area contributed by atoms with Crippen molar-refractivity contribution in [3.05, 3.63) is 23.9 Å². The number of nitrogens with zero attached hydrogens (tertiary/aromatic N) is 2. The molecule has 2 aliphatic rings. The average Bonchev–Trinajstić information content (AvgIpc) is 2.46. The van der Waals surface area contributed by atoms with Crippen molar-refractivity contribution in [3.63, 3.8) is 0 Å². The number of nitrogens with two attached hydrogens (primary N) is 1. The maximum atomic E-state index is 10.8. The van der Waals surface area contributed by atoms with Crippen LogP contribution in [-0.2, 0) is 0 Å². The van der Waals surface area contributed by atoms with E-state index in [2.05, 4.69) is 16.0 Å². The van der Waals surface area contributed by atoms with Gasteiger partial charge in [0.1, 0.15) is 5.82 Å². The lowest BCUT2D eigenvalue weighted by atomic mass is 9.71. The number of hydrogen-bond acceptors (Lipinski definition) is 4. The van der Waals surface area contributed by atoms with E-state index in [-0.39, 0.29) is 6.04 Å². The first-order valence-electron chi connectivity index (χ1n) is 7.78. The van der Waals surface area contributed by atoms with E-state index in [4.69, 9.17) is 5.73 Å². The summed E-state index contributed by atoms with van der Waals surface area (Å²) in [6.45, 7) is 3.79. The molecular formula is C16H25N3O. The zero-order valence-electron chi connectivity index (χ0n) is 12.3. The van der Waals surface area contributed by atoms with Gasteiger partial charge in [0.2, 0.25) is 0 Å². The SMILES string of the molecule is CC(N)c1cccnc1N1CCC2(O)CCCCC2C1. The van der Waals surface area contributed by atoms with Crippen LogP contribution in [0.25, 0.3) is 0 Å². The number of aromatic nitrogens is 1. The summed E-state index contributed by atoms with van der Waals surface area (Å²) in [6.07, 6.45) is 7.20. The Hall–Kier alpha value is -1.13. The Kier molecular flexibility index (Phi) is 3.69. The quantitative estimate of drug-likeness (QED) is 0.869. The van der Waals surface area contributed by atoms with Gasteiger partial charge in [-0.2, -0.15) is 0 Å². The van der Waals surface area contributed by atoms with Gasteiger partial charge in [-0.1, -0.05) is 18.9 Å². The highest BCUT2D eigenvalue weighted by Gasteiger charge is 2.43. The van der Waals surface area contributed by atoms with Crippen molar-refractivity contribution in [1.29, 1.82) is 0 Å². The van der Waals surface area contributed by atoms with E-state index in [9.17, 15) is 5.11 Å². The maximum Gasteiger partial charge on any atom is 0.133 e. The van der Waals surface area contributed by atoms with E-state index < -0.39 is 5.60 Å². The molecule has 20 heavy (non-hydrogen) atoms. The molecule has 0 radical (unpaired) electrons. The van der Waals surface area contributed by atoms with Crippen LogP contribution in [0.2, 0.25) is 0 Å². The lowest BCUT2D eigenvalue weighted by Crippen LogP contribution is -2.53. The van der Waals surface area contributed by atoms with Gasteiger partial charge in [-0.05, 0) is 32.3 Å². The van der Waals surface area contributed by atoms with Crippen LogP contribution in [0.15, 0.2) is 18.3 Å². The Morgan fingerprint density at radius 1 is 1.45 bits per heavy atom. The van der Waals surface area contributed by atoms with Crippen molar-refractivity contribution >= 4 is 5.82 Å². The third-order valence-corrected chi connectivity index (χ3v) is 5.03. The Balaban J connectivity index is 1.83. The Labute approximate surface area is 121 Å². The molecule has 110 valence electrons. The number of hydrogen-bond donors (Lipinski definition) is 2. The van der Waals surface area contributed by atoms with E-state index >= 15 is 0 Å². The van der Waals surface area contributed by atoms with Crippen LogP contribution in [0.4, 0.5) is 5.82 Å². The Morgan fingerprint density at radius 2 is 2.30 bits per heavy atom. The van der Waals surface area contributed by atoms with Crippen LogP contribution < -0.4 is 10.6 Å². The van der Waals surface area contributed by atoms with Gasteiger partial charge >= 0.3 is 0 Å². The molecule has 0 bridgehead atoms. The zero-order valence-corrected chi connectivity index (χ0v) is 12.3. The number of aliphatic hydroxyl groups is 1. The van der Waals surface area contributed by atoms with Crippen LogP contribution in [0.3, 0.4) is 0 Å². The van der Waals surface area contributed by atoms with Gasteiger partial charge in [0.15, 0.2) is 0 Å². The number of fused-ring (bicyclic) bond motifs is 1. The second-order valence-electron chi connectivity index (χ2n) is 6.45. The van der Waals surface area contributed by atoms with Crippen molar-refractivity contribution in [2.24, 2.45) is 11.7 Å². The fourth-order valence-corrected chi connectivity index (χ4v) is 3.79. The molecule has 3 unspecified atom stereocenters. The van der Waals surface area contributed by atoms with Gasteiger partial charge in [0, 0.05) is 36.8 Å². The summed E-state index contributed by atoms with van der Waals surface area (Å²) in [5.41, 5.74) is 6.74. The largest absolute Gasteiger partial charge is 0.389 e. The highest BCUT2D eigenvalue weighted by molar-refractivity contribution is 5.49. The molecule has 1 saturated carbocycles. The van der Waals surface area contributed by atoms with Crippen LogP contribution in [0.5, 0.6) is 0 Å². The van der Waals surface area contributed by atoms with E-state index in [1.54, 1.807) is 0 Å². The van der Waals surface area contributed by atoms with Gasteiger partial charge in [-0.25, -0.2) is 4.98 Å². The molecule has 2 heterocycles. The highest BCUT2D eigenvalue weighted by Crippen LogP contribution is 2.41. The highest BCUT2D eigenvalue weighted by atomic mass is 16.3. The summed E-state index contributed by atoms with van der Waals surface area (Å²) in [5, 5.41) is 10.8. The van der Waals surface area contributed by atoms with Gasteiger partial charge in [0.05, 0.1) is 5.60 Å². The monoisotopic (exact) mass is 275 g/mol. The molecule has 0 spiro atoms. The lowest BCUT2D eigenvalue weighted by Gasteiger charge is -2.48. The Bertz CT molecular complexity index is 477. The topological polar surface area (TPSA) is 62.4 Å². The second kappa shape index (κ2) is 5.34. The summed E-state index contributed by atoms with van der Waals surface area (Å²) in [6, 6.07) is 4.00. The molecule has 2 fully saturated rings. The molecule has 0 aromatic carbocycles. The predicted molar refractivity (Wildman–Crippen MR) is 80.6 cm³/mol. The van der Waals surface area contributed by atoms with Crippen LogP contribution in [0, 0.1) is 5.92 Å². The maximum absolute atomic E-state index is 10.8. The minimum absolute atomic E-state index is 0.00846. The third kappa shape index (κ3) is 2.42. The summed E-state index contributed by atoms with van der Waals surface area (Å²) >= 11 is 0. The van der Waals surface area contributed by atoms with Crippen molar-refractivity contribution in [2.45, 2.75) is 50.7 Å². The van der Waals surface area contributed by atoms with Crippen molar-refractivity contribution in [3.8, 4) is 0 Å². The molecule has 0 amide bonds. The molecule has 4 nitrogen and oxygen atoms in total. The van der Waals surface area contributed by atoms with Crippen molar-refractivity contribution < 1.29 is 5.11 Å². The van der Waals surface area contributed by atoms with Crippen LogP contribution in [0.1, 0.15) is 50.6 Å².